The highest BCUT2D eigenvalue weighted by Gasteiger charge is 2.55. The van der Waals surface area contributed by atoms with Gasteiger partial charge in [0.25, 0.3) is 0 Å². The van der Waals surface area contributed by atoms with Crippen LogP contribution in [-0.4, -0.2) is 19.1 Å². The van der Waals surface area contributed by atoms with Gasteiger partial charge in [-0.1, -0.05) is 81.4 Å². The van der Waals surface area contributed by atoms with Gasteiger partial charge in [-0.05, 0) is 47.1 Å². The molecule has 3 aliphatic carbocycles. The maximum absolute atomic E-state index is 3.87. The first kappa shape index (κ1) is 21.4. The summed E-state index contributed by atoms with van der Waals surface area (Å²) in [5.74, 6) is 2.62. The molecule has 3 aliphatic rings. The average molecular weight is 397 g/mol. The first-order valence-corrected chi connectivity index (χ1v) is 10.6. The Labute approximate surface area is 178 Å². The van der Waals surface area contributed by atoms with E-state index in [2.05, 4.69) is 92.1 Å². The lowest BCUT2D eigenvalue weighted by molar-refractivity contribution is -0.114. The van der Waals surface area contributed by atoms with E-state index >= 15 is 0 Å². The Kier molecular flexibility index (Phi) is 6.90. The van der Waals surface area contributed by atoms with Gasteiger partial charge in [-0.3, -0.25) is 0 Å². The fourth-order valence-corrected chi connectivity index (χ4v) is 5.61. The minimum absolute atomic E-state index is 0. The Morgan fingerprint density at radius 2 is 1.46 bits per heavy atom. The van der Waals surface area contributed by atoms with Crippen molar-refractivity contribution in [3.8, 4) is 0 Å². The van der Waals surface area contributed by atoms with Crippen LogP contribution in [0.3, 0.4) is 0 Å². The number of hydrogen-bond donors (Lipinski definition) is 2. The summed E-state index contributed by atoms with van der Waals surface area (Å²) in [4.78, 5) is 0. The highest BCUT2D eigenvalue weighted by Crippen LogP contribution is 2.61. The van der Waals surface area contributed by atoms with Crippen molar-refractivity contribution in [2.75, 3.05) is 13.1 Å². The smallest absolute Gasteiger partial charge is 0.0577 e. The van der Waals surface area contributed by atoms with Gasteiger partial charge in [-0.2, -0.15) is 13.5 Å². The molecule has 3 fully saturated rings. The monoisotopic (exact) mass is 396 g/mol. The van der Waals surface area contributed by atoms with Crippen LogP contribution >= 0.6 is 13.5 Å². The Bertz CT molecular complexity index is 691. The van der Waals surface area contributed by atoms with Crippen molar-refractivity contribution < 1.29 is 0 Å². The SMILES string of the molecule is C[C@@H]1C2C[C@@H](C[C@H]1NCCNC(c1ccccc1)c1ccccc1)C2(C)C.S. The van der Waals surface area contributed by atoms with Gasteiger partial charge < -0.3 is 10.6 Å². The van der Waals surface area contributed by atoms with E-state index in [0.29, 0.717) is 11.5 Å². The van der Waals surface area contributed by atoms with Crippen LogP contribution in [-0.2, 0) is 0 Å². The number of nitrogens with one attached hydrogen (secondary N) is 2. The van der Waals surface area contributed by atoms with E-state index in [9.17, 15) is 0 Å². The molecule has 2 nitrogen and oxygen atoms in total. The van der Waals surface area contributed by atoms with Crippen LogP contribution in [0.4, 0.5) is 0 Å². The first-order valence-electron chi connectivity index (χ1n) is 10.6. The highest BCUT2D eigenvalue weighted by atomic mass is 32.1. The minimum Gasteiger partial charge on any atom is -0.312 e. The molecule has 0 aliphatic heterocycles. The van der Waals surface area contributed by atoms with Gasteiger partial charge in [0.1, 0.15) is 0 Å². The first-order chi connectivity index (χ1) is 13.1. The van der Waals surface area contributed by atoms with Gasteiger partial charge in [0, 0.05) is 19.1 Å². The fourth-order valence-electron chi connectivity index (χ4n) is 5.61. The molecule has 0 aromatic heterocycles. The van der Waals surface area contributed by atoms with E-state index in [-0.39, 0.29) is 19.5 Å². The minimum atomic E-state index is 0. The molecule has 28 heavy (non-hydrogen) atoms. The second-order valence-corrected chi connectivity index (χ2v) is 9.22. The van der Waals surface area contributed by atoms with Crippen molar-refractivity contribution >= 4 is 13.5 Å². The second-order valence-electron chi connectivity index (χ2n) is 9.22. The van der Waals surface area contributed by atoms with E-state index in [1.54, 1.807) is 0 Å². The van der Waals surface area contributed by atoms with E-state index < -0.39 is 0 Å². The van der Waals surface area contributed by atoms with Crippen molar-refractivity contribution in [2.24, 2.45) is 23.2 Å². The molecule has 3 heteroatoms. The summed E-state index contributed by atoms with van der Waals surface area (Å²) < 4.78 is 0. The Hall–Kier alpha value is -1.29. The van der Waals surface area contributed by atoms with Gasteiger partial charge in [-0.25, -0.2) is 0 Å². The van der Waals surface area contributed by atoms with E-state index in [0.717, 1.165) is 30.8 Å². The Morgan fingerprint density at radius 3 is 1.96 bits per heavy atom. The van der Waals surface area contributed by atoms with Crippen molar-refractivity contribution in [2.45, 2.75) is 45.7 Å². The molecule has 2 aromatic rings. The van der Waals surface area contributed by atoms with Gasteiger partial charge in [0.15, 0.2) is 0 Å². The van der Waals surface area contributed by atoms with E-state index in [1.807, 2.05) is 0 Å². The third kappa shape index (κ3) is 4.17. The lowest BCUT2D eigenvalue weighted by Gasteiger charge is -2.62. The molecule has 2 bridgehead atoms. The number of rotatable bonds is 7. The molecule has 2 aromatic carbocycles. The molecule has 0 amide bonds. The quantitative estimate of drug-likeness (QED) is 0.633. The van der Waals surface area contributed by atoms with Crippen LogP contribution in [0.25, 0.3) is 0 Å². The zero-order valence-corrected chi connectivity index (χ0v) is 18.5. The van der Waals surface area contributed by atoms with Crippen molar-refractivity contribution in [1.82, 2.24) is 10.6 Å². The lowest BCUT2D eigenvalue weighted by atomic mass is 9.45. The van der Waals surface area contributed by atoms with Gasteiger partial charge in [0.05, 0.1) is 6.04 Å². The molecule has 1 unspecified atom stereocenters. The zero-order valence-electron chi connectivity index (χ0n) is 17.5. The summed E-state index contributed by atoms with van der Waals surface area (Å²) in [5.41, 5.74) is 3.23. The van der Waals surface area contributed by atoms with Crippen molar-refractivity contribution in [1.29, 1.82) is 0 Å². The summed E-state index contributed by atoms with van der Waals surface area (Å²) >= 11 is 0. The Morgan fingerprint density at radius 1 is 0.893 bits per heavy atom. The van der Waals surface area contributed by atoms with Gasteiger partial charge in [-0.15, -0.1) is 0 Å². The summed E-state index contributed by atoms with van der Waals surface area (Å²) in [6.45, 7) is 9.43. The molecular weight excluding hydrogens is 360 g/mol. The van der Waals surface area contributed by atoms with Crippen molar-refractivity contribution in [3.05, 3.63) is 71.8 Å². The summed E-state index contributed by atoms with van der Waals surface area (Å²) in [6, 6.07) is 22.5. The summed E-state index contributed by atoms with van der Waals surface area (Å²) in [6.07, 6.45) is 2.81. The Balaban J connectivity index is 0.00000225. The lowest BCUT2D eigenvalue weighted by Crippen LogP contribution is -2.60. The highest BCUT2D eigenvalue weighted by molar-refractivity contribution is 7.59. The fraction of sp³-hybridized carbons (Fsp3) is 0.520. The molecule has 3 saturated carbocycles. The molecule has 0 radical (unpaired) electrons. The topological polar surface area (TPSA) is 24.1 Å². The second kappa shape index (κ2) is 9.02. The number of fused-ring (bicyclic) bond motifs is 2. The third-order valence-corrected chi connectivity index (χ3v) is 7.50. The van der Waals surface area contributed by atoms with Crippen LogP contribution in [0.2, 0.25) is 0 Å². The molecule has 0 heterocycles. The summed E-state index contributed by atoms with van der Waals surface area (Å²) in [5, 5.41) is 7.65. The predicted octanol–water partition coefficient (Wildman–Crippen LogP) is 5.14. The third-order valence-electron chi connectivity index (χ3n) is 7.50. The van der Waals surface area contributed by atoms with Crippen LogP contribution in [0, 0.1) is 23.2 Å². The van der Waals surface area contributed by atoms with Crippen LogP contribution in [0.15, 0.2) is 60.7 Å². The molecule has 0 spiro atoms. The molecule has 4 atom stereocenters. The van der Waals surface area contributed by atoms with Gasteiger partial charge >= 0.3 is 0 Å². The summed E-state index contributed by atoms with van der Waals surface area (Å²) in [7, 11) is 0. The van der Waals surface area contributed by atoms with E-state index in [1.165, 1.54) is 24.0 Å². The standard InChI is InChI=1S/C25H34N2.H2S/c1-18-22-16-21(25(22,2)3)17-23(18)26-14-15-27-24(19-10-6-4-7-11-19)20-12-8-5-9-13-20;/h4-13,18,21-24,26-27H,14-17H2,1-3H3;1H2/t18-,21+,22?,23-;/m1./s1. The van der Waals surface area contributed by atoms with Crippen LogP contribution in [0.1, 0.15) is 50.8 Å². The van der Waals surface area contributed by atoms with Crippen LogP contribution < -0.4 is 10.6 Å². The van der Waals surface area contributed by atoms with Crippen molar-refractivity contribution in [3.63, 3.8) is 0 Å². The molecule has 152 valence electrons. The molecular formula is C25H36N2S. The van der Waals surface area contributed by atoms with E-state index in [4.69, 9.17) is 0 Å². The van der Waals surface area contributed by atoms with Gasteiger partial charge in [0.2, 0.25) is 0 Å². The zero-order chi connectivity index (χ0) is 18.9. The molecule has 0 saturated heterocycles. The average Bonchev–Trinajstić information content (AvgIpc) is 2.70. The van der Waals surface area contributed by atoms with Crippen LogP contribution in [0.5, 0.6) is 0 Å². The number of benzene rings is 2. The maximum Gasteiger partial charge on any atom is 0.0577 e. The predicted molar refractivity (Wildman–Crippen MR) is 124 cm³/mol. The molecule has 5 rings (SSSR count). The maximum atomic E-state index is 3.87. The molecule has 2 N–H and O–H groups in total. The largest absolute Gasteiger partial charge is 0.312 e. The normalized spacial score (nSPS) is 27.7. The number of hydrogen-bond acceptors (Lipinski definition) is 2.